The van der Waals surface area contributed by atoms with Gasteiger partial charge in [0.15, 0.2) is 5.03 Å². The molecule has 4 N–H and O–H groups in total. The molecule has 3 aromatic heterocycles. The van der Waals surface area contributed by atoms with Gasteiger partial charge in [-0.2, -0.15) is 0 Å². The van der Waals surface area contributed by atoms with Crippen LogP contribution in [0.25, 0.3) is 21.8 Å². The summed E-state index contributed by atoms with van der Waals surface area (Å²) in [5.74, 6) is 0.609. The lowest BCUT2D eigenvalue weighted by atomic mass is 10.0. The lowest BCUT2D eigenvalue weighted by Gasteiger charge is -2.10. The van der Waals surface area contributed by atoms with E-state index in [1.165, 1.54) is 24.7 Å². The van der Waals surface area contributed by atoms with Gasteiger partial charge in [0.05, 0.1) is 17.3 Å². The van der Waals surface area contributed by atoms with Crippen LogP contribution in [0.3, 0.4) is 0 Å². The maximum atomic E-state index is 12.9. The number of primary sulfonamides is 1. The number of H-pyrrole nitrogens is 1. The first kappa shape index (κ1) is 20.5. The van der Waals surface area contributed by atoms with Crippen LogP contribution in [0.2, 0.25) is 0 Å². The minimum absolute atomic E-state index is 0.279. The number of nitrogens with one attached hydrogen (secondary N) is 2. The summed E-state index contributed by atoms with van der Waals surface area (Å²) in [5, 5.41) is 9.75. The Balaban J connectivity index is 1.41. The van der Waals surface area contributed by atoms with Crippen molar-refractivity contribution >= 4 is 43.4 Å². The van der Waals surface area contributed by atoms with Gasteiger partial charge in [-0.1, -0.05) is 12.1 Å². The lowest BCUT2D eigenvalue weighted by Crippen LogP contribution is -2.15. The number of amides is 1. The molecule has 0 aliphatic heterocycles. The topological polar surface area (TPSA) is 153 Å². The average Bonchev–Trinajstić information content (AvgIpc) is 3.28. The zero-order valence-corrected chi connectivity index (χ0v) is 17.7. The molecule has 5 rings (SSSR count). The van der Waals surface area contributed by atoms with Gasteiger partial charge in [-0.15, -0.1) is 0 Å². The number of aromatic amines is 1. The molecule has 0 fully saturated rings. The van der Waals surface area contributed by atoms with E-state index in [1.807, 2.05) is 18.2 Å². The number of nitrogens with two attached hydrogens (primary N) is 1. The number of hydrogen-bond acceptors (Lipinski definition) is 7. The number of aromatic nitrogens is 4. The van der Waals surface area contributed by atoms with Crippen molar-refractivity contribution in [3.05, 3.63) is 78.9 Å². The monoisotopic (exact) mass is 460 g/mol. The average molecular weight is 460 g/mol. The maximum Gasteiger partial charge on any atom is 0.256 e. The highest BCUT2D eigenvalue weighted by Gasteiger charge is 2.14. The number of fused-ring (bicyclic) bond motifs is 2. The van der Waals surface area contributed by atoms with Crippen molar-refractivity contribution in [3.8, 4) is 11.6 Å². The molecule has 5 aromatic rings. The Morgan fingerprint density at radius 1 is 1.00 bits per heavy atom. The Morgan fingerprint density at radius 3 is 2.67 bits per heavy atom. The van der Waals surface area contributed by atoms with Crippen LogP contribution in [0.1, 0.15) is 10.4 Å². The van der Waals surface area contributed by atoms with Gasteiger partial charge in [0.1, 0.15) is 17.7 Å². The standard InChI is InChI=1S/C22H16N6O4S/c23-33(30,31)19-7-4-14(11-25-19)28-21(29)17-3-1-2-13-10-15(5-6-16(13)17)32-22-18-8-9-24-20(18)26-12-27-22/h1-12H,(H,28,29)(H2,23,30,31)(H,24,26,27). The van der Waals surface area contributed by atoms with E-state index < -0.39 is 10.0 Å². The zero-order chi connectivity index (χ0) is 23.0. The van der Waals surface area contributed by atoms with Gasteiger partial charge in [-0.05, 0) is 53.2 Å². The molecule has 0 saturated carbocycles. The third-order valence-electron chi connectivity index (χ3n) is 4.91. The van der Waals surface area contributed by atoms with Gasteiger partial charge in [-0.3, -0.25) is 4.79 Å². The lowest BCUT2D eigenvalue weighted by molar-refractivity contribution is 0.102. The summed E-state index contributed by atoms with van der Waals surface area (Å²) in [6, 6.07) is 15.2. The van der Waals surface area contributed by atoms with Crippen molar-refractivity contribution in [2.75, 3.05) is 5.32 Å². The zero-order valence-electron chi connectivity index (χ0n) is 16.9. The molecule has 164 valence electrons. The van der Waals surface area contributed by atoms with Crippen molar-refractivity contribution in [3.63, 3.8) is 0 Å². The normalized spacial score (nSPS) is 11.5. The Hall–Kier alpha value is -4.35. The number of sulfonamides is 1. The number of carbonyl (C=O) groups excluding carboxylic acids is 1. The number of nitrogens with zero attached hydrogens (tertiary/aromatic N) is 3. The molecular weight excluding hydrogens is 444 g/mol. The maximum absolute atomic E-state index is 12.9. The molecule has 0 spiro atoms. The summed E-state index contributed by atoms with van der Waals surface area (Å²) in [6.45, 7) is 0. The fourth-order valence-corrected chi connectivity index (χ4v) is 3.84. The third-order valence-corrected chi connectivity index (χ3v) is 5.74. The van der Waals surface area contributed by atoms with Crippen LogP contribution in [0, 0.1) is 0 Å². The molecule has 3 heterocycles. The number of hydrogen-bond donors (Lipinski definition) is 3. The number of rotatable bonds is 5. The summed E-state index contributed by atoms with van der Waals surface area (Å²) in [5.41, 5.74) is 1.44. The van der Waals surface area contributed by atoms with Gasteiger partial charge >= 0.3 is 0 Å². The Kier molecular flexibility index (Phi) is 4.96. The fraction of sp³-hybridized carbons (Fsp3) is 0. The summed E-state index contributed by atoms with van der Waals surface area (Å²) in [6.07, 6.45) is 4.41. The van der Waals surface area contributed by atoms with E-state index in [9.17, 15) is 13.2 Å². The first-order valence-electron chi connectivity index (χ1n) is 9.67. The molecule has 0 saturated heterocycles. The molecule has 0 unspecified atom stereocenters. The van der Waals surface area contributed by atoms with E-state index in [0.29, 0.717) is 33.9 Å². The number of carbonyl (C=O) groups is 1. The first-order chi connectivity index (χ1) is 15.9. The van der Waals surface area contributed by atoms with Gasteiger partial charge in [0.25, 0.3) is 15.9 Å². The van der Waals surface area contributed by atoms with Crippen molar-refractivity contribution in [1.29, 1.82) is 0 Å². The Labute approximate surface area is 187 Å². The highest BCUT2D eigenvalue weighted by molar-refractivity contribution is 7.89. The van der Waals surface area contributed by atoms with Crippen LogP contribution in [-0.2, 0) is 10.0 Å². The van der Waals surface area contributed by atoms with E-state index in [2.05, 4.69) is 25.3 Å². The highest BCUT2D eigenvalue weighted by atomic mass is 32.2. The molecule has 0 aliphatic rings. The van der Waals surface area contributed by atoms with E-state index >= 15 is 0 Å². The smallest absolute Gasteiger partial charge is 0.256 e. The molecule has 0 bridgehead atoms. The summed E-state index contributed by atoms with van der Waals surface area (Å²) in [7, 11) is -3.91. The molecule has 33 heavy (non-hydrogen) atoms. The van der Waals surface area contributed by atoms with Crippen molar-refractivity contribution in [2.45, 2.75) is 5.03 Å². The van der Waals surface area contributed by atoms with Crippen molar-refractivity contribution < 1.29 is 17.9 Å². The van der Waals surface area contributed by atoms with E-state index in [1.54, 1.807) is 30.5 Å². The molecule has 0 aliphatic carbocycles. The molecule has 0 atom stereocenters. The van der Waals surface area contributed by atoms with E-state index in [0.717, 1.165) is 10.8 Å². The second kappa shape index (κ2) is 7.97. The Morgan fingerprint density at radius 2 is 1.88 bits per heavy atom. The quantitative estimate of drug-likeness (QED) is 0.364. The van der Waals surface area contributed by atoms with Gasteiger partial charge in [0, 0.05) is 11.8 Å². The predicted octanol–water partition coefficient (Wildman–Crippen LogP) is 3.20. The summed E-state index contributed by atoms with van der Waals surface area (Å²) < 4.78 is 28.6. The number of ether oxygens (including phenoxy) is 1. The molecule has 11 heteroatoms. The summed E-state index contributed by atoms with van der Waals surface area (Å²) in [4.78, 5) is 28.0. The van der Waals surface area contributed by atoms with Crippen LogP contribution in [-0.4, -0.2) is 34.3 Å². The van der Waals surface area contributed by atoms with Crippen LogP contribution in [0.15, 0.2) is 78.3 Å². The van der Waals surface area contributed by atoms with Crippen molar-refractivity contribution in [1.82, 2.24) is 19.9 Å². The van der Waals surface area contributed by atoms with Crippen LogP contribution in [0.4, 0.5) is 5.69 Å². The van der Waals surface area contributed by atoms with Gasteiger partial charge in [-0.25, -0.2) is 28.5 Å². The number of benzene rings is 2. The van der Waals surface area contributed by atoms with Crippen LogP contribution in [0.5, 0.6) is 11.6 Å². The molecule has 0 radical (unpaired) electrons. The second-order valence-electron chi connectivity index (χ2n) is 7.09. The molecular formula is C22H16N6O4S. The van der Waals surface area contributed by atoms with Crippen LogP contribution < -0.4 is 15.2 Å². The van der Waals surface area contributed by atoms with E-state index in [4.69, 9.17) is 9.88 Å². The Bertz CT molecular complexity index is 1610. The minimum Gasteiger partial charge on any atom is -0.438 e. The number of pyridine rings is 1. The number of anilines is 1. The van der Waals surface area contributed by atoms with Crippen molar-refractivity contribution in [2.24, 2.45) is 5.14 Å². The van der Waals surface area contributed by atoms with E-state index in [-0.39, 0.29) is 10.9 Å². The SMILES string of the molecule is NS(=O)(=O)c1ccc(NC(=O)c2cccc3cc(Oc4ncnc5[nH]ccc45)ccc23)cn1. The molecule has 10 nitrogen and oxygen atoms in total. The first-order valence-corrected chi connectivity index (χ1v) is 11.2. The fourth-order valence-electron chi connectivity index (χ4n) is 3.39. The summed E-state index contributed by atoms with van der Waals surface area (Å²) >= 11 is 0. The predicted molar refractivity (Wildman–Crippen MR) is 121 cm³/mol. The van der Waals surface area contributed by atoms with Crippen LogP contribution >= 0.6 is 0 Å². The second-order valence-corrected chi connectivity index (χ2v) is 8.60. The minimum atomic E-state index is -3.91. The largest absolute Gasteiger partial charge is 0.438 e. The molecule has 1 amide bonds. The van der Waals surface area contributed by atoms with Gasteiger partial charge < -0.3 is 15.0 Å². The third kappa shape index (κ3) is 4.10. The van der Waals surface area contributed by atoms with Gasteiger partial charge in [0.2, 0.25) is 5.88 Å². The molecule has 2 aromatic carbocycles. The highest BCUT2D eigenvalue weighted by Crippen LogP contribution is 2.30.